The van der Waals surface area contributed by atoms with Crippen molar-refractivity contribution < 1.29 is 4.79 Å². The van der Waals surface area contributed by atoms with Gasteiger partial charge in [-0.15, -0.1) is 0 Å². The van der Waals surface area contributed by atoms with E-state index in [1.165, 1.54) is 25.7 Å². The molecule has 2 aromatic rings. The zero-order chi connectivity index (χ0) is 13.3. The second kappa shape index (κ2) is 4.72. The summed E-state index contributed by atoms with van der Waals surface area (Å²) in [6, 6.07) is 9.88. The number of nitrogens with one attached hydrogen (secondary N) is 2. The van der Waals surface area contributed by atoms with E-state index in [0.717, 1.165) is 17.4 Å². The largest absolute Gasteiger partial charge is 0.351 e. The van der Waals surface area contributed by atoms with Gasteiger partial charge < -0.3 is 10.3 Å². The molecule has 1 aliphatic carbocycles. The van der Waals surface area contributed by atoms with Gasteiger partial charge in [0.1, 0.15) is 5.69 Å². The Labute approximate surface area is 113 Å². The summed E-state index contributed by atoms with van der Waals surface area (Å²) in [5.41, 5.74) is 1.96. The maximum absolute atomic E-state index is 12.2. The fraction of sp³-hybridized carbons (Fsp3) is 0.438. The SMILES string of the molecule is CC1(CNC(=O)c2cc3ccccc3[nH]2)CCCC1. The van der Waals surface area contributed by atoms with Crippen LogP contribution in [0.15, 0.2) is 30.3 Å². The molecule has 1 heterocycles. The van der Waals surface area contributed by atoms with Crippen LogP contribution in [-0.2, 0) is 0 Å². The molecule has 1 aliphatic rings. The summed E-state index contributed by atoms with van der Waals surface area (Å²) in [5.74, 6) is 0.00400. The summed E-state index contributed by atoms with van der Waals surface area (Å²) < 4.78 is 0. The van der Waals surface area contributed by atoms with Gasteiger partial charge >= 0.3 is 0 Å². The number of rotatable bonds is 3. The molecule has 1 aromatic heterocycles. The number of aromatic nitrogens is 1. The maximum atomic E-state index is 12.2. The van der Waals surface area contributed by atoms with Gasteiger partial charge in [-0.2, -0.15) is 0 Å². The van der Waals surface area contributed by atoms with Gasteiger partial charge in [0.15, 0.2) is 0 Å². The van der Waals surface area contributed by atoms with Crippen molar-refractivity contribution in [1.29, 1.82) is 0 Å². The molecule has 0 unspecified atom stereocenters. The molecule has 1 saturated carbocycles. The van der Waals surface area contributed by atoms with Crippen molar-refractivity contribution in [2.75, 3.05) is 6.54 Å². The molecule has 2 N–H and O–H groups in total. The molecule has 1 fully saturated rings. The summed E-state index contributed by atoms with van der Waals surface area (Å²) in [4.78, 5) is 15.3. The van der Waals surface area contributed by atoms with Crippen LogP contribution in [0.5, 0.6) is 0 Å². The lowest BCUT2D eigenvalue weighted by molar-refractivity contribution is 0.0930. The minimum atomic E-state index is 0.00400. The Hall–Kier alpha value is -1.77. The fourth-order valence-electron chi connectivity index (χ4n) is 2.99. The van der Waals surface area contributed by atoms with Gasteiger partial charge in [0.25, 0.3) is 5.91 Å². The van der Waals surface area contributed by atoms with E-state index in [2.05, 4.69) is 17.2 Å². The quantitative estimate of drug-likeness (QED) is 0.867. The third-order valence-electron chi connectivity index (χ3n) is 4.26. The number of para-hydroxylation sites is 1. The molecule has 100 valence electrons. The molecule has 3 heteroatoms. The van der Waals surface area contributed by atoms with E-state index < -0.39 is 0 Å². The van der Waals surface area contributed by atoms with Crippen molar-refractivity contribution >= 4 is 16.8 Å². The topological polar surface area (TPSA) is 44.9 Å². The number of aromatic amines is 1. The average molecular weight is 256 g/mol. The molecule has 3 nitrogen and oxygen atoms in total. The highest BCUT2D eigenvalue weighted by Crippen LogP contribution is 2.36. The summed E-state index contributed by atoms with van der Waals surface area (Å²) in [5, 5.41) is 4.16. The average Bonchev–Trinajstić information content (AvgIpc) is 3.02. The van der Waals surface area contributed by atoms with Crippen molar-refractivity contribution in [2.45, 2.75) is 32.6 Å². The highest BCUT2D eigenvalue weighted by Gasteiger charge is 2.29. The molecular weight excluding hydrogens is 236 g/mol. The first-order chi connectivity index (χ1) is 9.16. The van der Waals surface area contributed by atoms with E-state index >= 15 is 0 Å². The van der Waals surface area contributed by atoms with Crippen LogP contribution in [-0.4, -0.2) is 17.4 Å². The van der Waals surface area contributed by atoms with Crippen LogP contribution in [0, 0.1) is 5.41 Å². The number of carbonyl (C=O) groups is 1. The highest BCUT2D eigenvalue weighted by atomic mass is 16.1. The number of carbonyl (C=O) groups excluding carboxylic acids is 1. The first-order valence-electron chi connectivity index (χ1n) is 7.02. The number of fused-ring (bicyclic) bond motifs is 1. The molecule has 0 bridgehead atoms. The van der Waals surface area contributed by atoms with Crippen molar-refractivity contribution in [3.8, 4) is 0 Å². The molecule has 0 spiro atoms. The van der Waals surface area contributed by atoms with E-state index in [1.54, 1.807) is 0 Å². The van der Waals surface area contributed by atoms with E-state index in [4.69, 9.17) is 0 Å². The zero-order valence-corrected chi connectivity index (χ0v) is 11.3. The van der Waals surface area contributed by atoms with Gasteiger partial charge in [-0.25, -0.2) is 0 Å². The molecule has 0 atom stereocenters. The normalized spacial score (nSPS) is 17.7. The van der Waals surface area contributed by atoms with Gasteiger partial charge in [-0.1, -0.05) is 38.0 Å². The maximum Gasteiger partial charge on any atom is 0.267 e. The van der Waals surface area contributed by atoms with Crippen LogP contribution in [0.4, 0.5) is 0 Å². The Bertz CT molecular complexity index is 561. The van der Waals surface area contributed by atoms with Crippen LogP contribution in [0.3, 0.4) is 0 Å². The molecular formula is C16H20N2O. The number of benzene rings is 1. The van der Waals surface area contributed by atoms with Gasteiger partial charge in [0.05, 0.1) is 0 Å². The molecule has 0 saturated heterocycles. The van der Waals surface area contributed by atoms with Crippen LogP contribution >= 0.6 is 0 Å². The minimum Gasteiger partial charge on any atom is -0.351 e. The first kappa shape index (κ1) is 12.3. The van der Waals surface area contributed by atoms with Crippen LogP contribution in [0.2, 0.25) is 0 Å². The minimum absolute atomic E-state index is 0.00400. The van der Waals surface area contributed by atoms with E-state index in [-0.39, 0.29) is 5.91 Å². The molecule has 1 amide bonds. The van der Waals surface area contributed by atoms with E-state index in [0.29, 0.717) is 11.1 Å². The smallest absolute Gasteiger partial charge is 0.267 e. The lowest BCUT2D eigenvalue weighted by atomic mass is 9.89. The van der Waals surface area contributed by atoms with Crippen LogP contribution in [0.1, 0.15) is 43.1 Å². The van der Waals surface area contributed by atoms with E-state index in [9.17, 15) is 4.79 Å². The second-order valence-corrected chi connectivity index (χ2v) is 5.97. The predicted octanol–water partition coefficient (Wildman–Crippen LogP) is 3.48. The summed E-state index contributed by atoms with van der Waals surface area (Å²) in [7, 11) is 0. The number of amides is 1. The van der Waals surface area contributed by atoms with Crippen molar-refractivity contribution in [2.24, 2.45) is 5.41 Å². The summed E-state index contributed by atoms with van der Waals surface area (Å²) in [6.45, 7) is 3.05. The van der Waals surface area contributed by atoms with Gasteiger partial charge in [-0.3, -0.25) is 4.79 Å². The Balaban J connectivity index is 1.69. The van der Waals surface area contributed by atoms with Gasteiger partial charge in [0.2, 0.25) is 0 Å². The third kappa shape index (κ3) is 2.50. The lowest BCUT2D eigenvalue weighted by Gasteiger charge is -2.23. The Morgan fingerprint density at radius 2 is 2.05 bits per heavy atom. The van der Waals surface area contributed by atoms with Crippen molar-refractivity contribution in [3.05, 3.63) is 36.0 Å². The molecule has 19 heavy (non-hydrogen) atoms. The van der Waals surface area contributed by atoms with Crippen LogP contribution in [0.25, 0.3) is 10.9 Å². The molecule has 0 aliphatic heterocycles. The van der Waals surface area contributed by atoms with Gasteiger partial charge in [0, 0.05) is 17.4 Å². The standard InChI is InChI=1S/C16H20N2O/c1-16(8-4-5-9-16)11-17-15(19)14-10-12-6-2-3-7-13(12)18-14/h2-3,6-7,10,18H,4-5,8-9,11H2,1H3,(H,17,19). The summed E-state index contributed by atoms with van der Waals surface area (Å²) in [6.07, 6.45) is 5.03. The number of H-pyrrole nitrogens is 1. The zero-order valence-electron chi connectivity index (χ0n) is 11.3. The number of hydrogen-bond acceptors (Lipinski definition) is 1. The monoisotopic (exact) mass is 256 g/mol. The first-order valence-corrected chi connectivity index (χ1v) is 7.02. The molecule has 3 rings (SSSR count). The molecule has 1 aromatic carbocycles. The van der Waals surface area contributed by atoms with Crippen LogP contribution < -0.4 is 5.32 Å². The molecule has 0 radical (unpaired) electrons. The second-order valence-electron chi connectivity index (χ2n) is 5.97. The number of hydrogen-bond donors (Lipinski definition) is 2. The Morgan fingerprint density at radius 1 is 1.32 bits per heavy atom. The Kier molecular flexibility index (Phi) is 3.05. The highest BCUT2D eigenvalue weighted by molar-refractivity contribution is 5.97. The summed E-state index contributed by atoms with van der Waals surface area (Å²) >= 11 is 0. The predicted molar refractivity (Wildman–Crippen MR) is 77.2 cm³/mol. The fourth-order valence-corrected chi connectivity index (χ4v) is 2.99. The van der Waals surface area contributed by atoms with E-state index in [1.807, 2.05) is 30.3 Å². The van der Waals surface area contributed by atoms with Gasteiger partial charge in [-0.05, 0) is 30.4 Å². The lowest BCUT2D eigenvalue weighted by Crippen LogP contribution is -2.34. The van der Waals surface area contributed by atoms with Crippen molar-refractivity contribution in [1.82, 2.24) is 10.3 Å². The van der Waals surface area contributed by atoms with Crippen molar-refractivity contribution in [3.63, 3.8) is 0 Å². The Morgan fingerprint density at radius 3 is 2.79 bits per heavy atom. The third-order valence-corrected chi connectivity index (χ3v) is 4.26.